The van der Waals surface area contributed by atoms with Crippen molar-refractivity contribution in [2.75, 3.05) is 20.2 Å². The van der Waals surface area contributed by atoms with Crippen LogP contribution in [0.15, 0.2) is 0 Å². The molecule has 2 atom stereocenters. The lowest BCUT2D eigenvalue weighted by Crippen LogP contribution is -2.46. The van der Waals surface area contributed by atoms with Crippen LogP contribution in [-0.4, -0.2) is 37.7 Å². The van der Waals surface area contributed by atoms with Crippen LogP contribution >= 0.6 is 0 Å². The molecule has 94 valence electrons. The van der Waals surface area contributed by atoms with Gasteiger partial charge in [0.2, 0.25) is 5.91 Å². The smallest absolute Gasteiger partial charge is 0.223 e. The molecule has 0 bridgehead atoms. The number of amides is 1. The Morgan fingerprint density at radius 1 is 1.56 bits per heavy atom. The highest BCUT2D eigenvalue weighted by Crippen LogP contribution is 2.16. The third-order valence-corrected chi connectivity index (χ3v) is 3.24. The van der Waals surface area contributed by atoms with Crippen molar-refractivity contribution < 1.29 is 9.53 Å². The Labute approximate surface area is 98.1 Å². The summed E-state index contributed by atoms with van der Waals surface area (Å²) in [6, 6.07) is 0.444. The van der Waals surface area contributed by atoms with Gasteiger partial charge < -0.3 is 15.4 Å². The van der Waals surface area contributed by atoms with Crippen LogP contribution in [0.25, 0.3) is 0 Å². The van der Waals surface area contributed by atoms with E-state index in [-0.39, 0.29) is 17.4 Å². The Kier molecular flexibility index (Phi) is 4.74. The third-order valence-electron chi connectivity index (χ3n) is 3.24. The molecule has 1 aliphatic heterocycles. The van der Waals surface area contributed by atoms with E-state index in [1.165, 1.54) is 0 Å². The normalized spacial score (nSPS) is 26.5. The Morgan fingerprint density at radius 2 is 2.25 bits per heavy atom. The standard InChI is InChI=1S/C12H24N2O2/c1-9-7-10(5-6-13-9)11(15)14-8-12(2,3)16-4/h9-10,13H,5-8H2,1-4H3,(H,14,15). The van der Waals surface area contributed by atoms with Crippen molar-refractivity contribution >= 4 is 5.91 Å². The van der Waals surface area contributed by atoms with Gasteiger partial charge in [-0.2, -0.15) is 0 Å². The fourth-order valence-corrected chi connectivity index (χ4v) is 1.89. The second-order valence-electron chi connectivity index (χ2n) is 5.26. The fourth-order valence-electron chi connectivity index (χ4n) is 1.89. The van der Waals surface area contributed by atoms with E-state index in [0.29, 0.717) is 12.6 Å². The summed E-state index contributed by atoms with van der Waals surface area (Å²) < 4.78 is 5.27. The number of carbonyl (C=O) groups is 1. The Balaban J connectivity index is 2.34. The molecule has 16 heavy (non-hydrogen) atoms. The van der Waals surface area contributed by atoms with Gasteiger partial charge in [0.15, 0.2) is 0 Å². The molecule has 2 unspecified atom stereocenters. The number of ether oxygens (including phenoxy) is 1. The Morgan fingerprint density at radius 3 is 2.81 bits per heavy atom. The zero-order chi connectivity index (χ0) is 12.2. The predicted molar refractivity (Wildman–Crippen MR) is 64.3 cm³/mol. The van der Waals surface area contributed by atoms with Gasteiger partial charge in [0, 0.05) is 25.6 Å². The van der Waals surface area contributed by atoms with E-state index < -0.39 is 0 Å². The second-order valence-corrected chi connectivity index (χ2v) is 5.26. The van der Waals surface area contributed by atoms with Gasteiger partial charge in [0.25, 0.3) is 0 Å². The molecule has 1 saturated heterocycles. The highest BCUT2D eigenvalue weighted by atomic mass is 16.5. The average Bonchev–Trinajstić information content (AvgIpc) is 2.26. The molecule has 2 N–H and O–H groups in total. The van der Waals surface area contributed by atoms with Gasteiger partial charge in [-0.25, -0.2) is 0 Å². The first-order valence-electron chi connectivity index (χ1n) is 6.01. The molecule has 0 spiro atoms. The summed E-state index contributed by atoms with van der Waals surface area (Å²) in [5, 5.41) is 6.32. The van der Waals surface area contributed by atoms with Crippen LogP contribution in [-0.2, 0) is 9.53 Å². The minimum atomic E-state index is -0.284. The van der Waals surface area contributed by atoms with Crippen LogP contribution < -0.4 is 10.6 Å². The SMILES string of the molecule is COC(C)(C)CNC(=O)C1CCNC(C)C1. The molecule has 4 heteroatoms. The summed E-state index contributed by atoms with van der Waals surface area (Å²) >= 11 is 0. The number of nitrogens with one attached hydrogen (secondary N) is 2. The zero-order valence-electron chi connectivity index (χ0n) is 10.8. The average molecular weight is 228 g/mol. The maximum Gasteiger partial charge on any atom is 0.223 e. The quantitative estimate of drug-likeness (QED) is 0.752. The van der Waals surface area contributed by atoms with E-state index in [9.17, 15) is 4.79 Å². The maximum absolute atomic E-state index is 11.9. The molecule has 1 aliphatic rings. The van der Waals surface area contributed by atoms with Crippen molar-refractivity contribution in [2.24, 2.45) is 5.92 Å². The fraction of sp³-hybridized carbons (Fsp3) is 0.917. The molecule has 0 aliphatic carbocycles. The van der Waals surface area contributed by atoms with E-state index in [1.54, 1.807) is 7.11 Å². The number of methoxy groups -OCH3 is 1. The largest absolute Gasteiger partial charge is 0.377 e. The number of carbonyl (C=O) groups excluding carboxylic acids is 1. The minimum Gasteiger partial charge on any atom is -0.377 e. The third kappa shape index (κ3) is 4.10. The van der Waals surface area contributed by atoms with Gasteiger partial charge in [-0.05, 0) is 40.2 Å². The Bertz CT molecular complexity index is 241. The molecule has 1 amide bonds. The van der Waals surface area contributed by atoms with E-state index in [0.717, 1.165) is 19.4 Å². The van der Waals surface area contributed by atoms with Crippen molar-refractivity contribution in [3.8, 4) is 0 Å². The first kappa shape index (κ1) is 13.5. The lowest BCUT2D eigenvalue weighted by molar-refractivity contribution is -0.127. The van der Waals surface area contributed by atoms with E-state index in [4.69, 9.17) is 4.74 Å². The second kappa shape index (κ2) is 5.64. The van der Waals surface area contributed by atoms with E-state index in [2.05, 4.69) is 17.6 Å². The molecule has 1 heterocycles. The molecular formula is C12H24N2O2. The molecule has 0 aromatic rings. The molecule has 1 fully saturated rings. The summed E-state index contributed by atoms with van der Waals surface area (Å²) in [6.07, 6.45) is 1.86. The topological polar surface area (TPSA) is 50.4 Å². The highest BCUT2D eigenvalue weighted by Gasteiger charge is 2.26. The van der Waals surface area contributed by atoms with Crippen LogP contribution in [0.2, 0.25) is 0 Å². The predicted octanol–water partition coefficient (Wildman–Crippen LogP) is 0.916. The summed E-state index contributed by atoms with van der Waals surface area (Å²) in [6.45, 7) is 7.57. The van der Waals surface area contributed by atoms with Gasteiger partial charge in [-0.15, -0.1) is 0 Å². The summed E-state index contributed by atoms with van der Waals surface area (Å²) in [4.78, 5) is 11.9. The maximum atomic E-state index is 11.9. The highest BCUT2D eigenvalue weighted by molar-refractivity contribution is 5.78. The number of piperidine rings is 1. The number of rotatable bonds is 4. The summed E-state index contributed by atoms with van der Waals surface area (Å²) in [7, 11) is 1.67. The minimum absolute atomic E-state index is 0.156. The van der Waals surface area contributed by atoms with Crippen LogP contribution in [0.3, 0.4) is 0 Å². The van der Waals surface area contributed by atoms with Gasteiger partial charge in [-0.3, -0.25) is 4.79 Å². The molecular weight excluding hydrogens is 204 g/mol. The molecule has 0 saturated carbocycles. The van der Waals surface area contributed by atoms with Crippen LogP contribution in [0.1, 0.15) is 33.6 Å². The van der Waals surface area contributed by atoms with Crippen LogP contribution in [0.4, 0.5) is 0 Å². The molecule has 0 aromatic heterocycles. The van der Waals surface area contributed by atoms with Gasteiger partial charge >= 0.3 is 0 Å². The van der Waals surface area contributed by atoms with Crippen molar-refractivity contribution in [1.82, 2.24) is 10.6 Å². The van der Waals surface area contributed by atoms with Crippen molar-refractivity contribution in [2.45, 2.75) is 45.3 Å². The molecule has 1 rings (SSSR count). The van der Waals surface area contributed by atoms with Crippen LogP contribution in [0, 0.1) is 5.92 Å². The van der Waals surface area contributed by atoms with Crippen LogP contribution in [0.5, 0.6) is 0 Å². The molecule has 0 aromatic carbocycles. The van der Waals surface area contributed by atoms with Crippen molar-refractivity contribution in [3.63, 3.8) is 0 Å². The number of hydrogen-bond donors (Lipinski definition) is 2. The summed E-state index contributed by atoms with van der Waals surface area (Å²) in [5.74, 6) is 0.322. The Hall–Kier alpha value is -0.610. The van der Waals surface area contributed by atoms with Gasteiger partial charge in [0.1, 0.15) is 0 Å². The first-order chi connectivity index (χ1) is 7.44. The van der Waals surface area contributed by atoms with E-state index >= 15 is 0 Å². The lowest BCUT2D eigenvalue weighted by atomic mass is 9.92. The van der Waals surface area contributed by atoms with Gasteiger partial charge in [0.05, 0.1) is 5.60 Å². The molecule has 4 nitrogen and oxygen atoms in total. The zero-order valence-corrected chi connectivity index (χ0v) is 10.8. The van der Waals surface area contributed by atoms with Gasteiger partial charge in [-0.1, -0.05) is 0 Å². The van der Waals surface area contributed by atoms with Crippen molar-refractivity contribution in [3.05, 3.63) is 0 Å². The molecule has 0 radical (unpaired) electrons. The summed E-state index contributed by atoms with van der Waals surface area (Å²) in [5.41, 5.74) is -0.284. The lowest BCUT2D eigenvalue weighted by Gasteiger charge is -2.29. The van der Waals surface area contributed by atoms with E-state index in [1.807, 2.05) is 13.8 Å². The first-order valence-corrected chi connectivity index (χ1v) is 6.01. The monoisotopic (exact) mass is 228 g/mol. The van der Waals surface area contributed by atoms with Crippen molar-refractivity contribution in [1.29, 1.82) is 0 Å². The number of hydrogen-bond acceptors (Lipinski definition) is 3.